The van der Waals surface area contributed by atoms with Crippen LogP contribution in [0.1, 0.15) is 25.7 Å². The van der Waals surface area contributed by atoms with Crippen molar-refractivity contribution in [3.63, 3.8) is 0 Å². The maximum absolute atomic E-state index is 5.57. The van der Waals surface area contributed by atoms with Crippen molar-refractivity contribution in [1.82, 2.24) is 9.80 Å². The van der Waals surface area contributed by atoms with E-state index in [2.05, 4.69) is 23.9 Å². The molecule has 2 aliphatic rings. The van der Waals surface area contributed by atoms with E-state index in [0.29, 0.717) is 11.8 Å². The summed E-state index contributed by atoms with van der Waals surface area (Å²) < 4.78 is 0. The summed E-state index contributed by atoms with van der Waals surface area (Å²) in [6.07, 6.45) is 4.96. The summed E-state index contributed by atoms with van der Waals surface area (Å²) in [5, 5.41) is 0. The second-order valence-corrected chi connectivity index (χ2v) is 5.85. The van der Waals surface area contributed by atoms with Gasteiger partial charge in [0.05, 0.1) is 9.98 Å². The van der Waals surface area contributed by atoms with E-state index in [-0.39, 0.29) is 0 Å². The molecule has 0 aliphatic carbocycles. The molecule has 2 rings (SSSR count). The molecule has 4 heteroatoms. The fourth-order valence-corrected chi connectivity index (χ4v) is 3.62. The molecule has 16 heavy (non-hydrogen) atoms. The smallest absolute Gasteiger partial charge is 0.0815 e. The van der Waals surface area contributed by atoms with Crippen molar-refractivity contribution in [2.75, 3.05) is 27.2 Å². The lowest BCUT2D eigenvalue weighted by Gasteiger charge is -2.41. The van der Waals surface area contributed by atoms with Crippen molar-refractivity contribution in [2.45, 2.75) is 25.7 Å². The summed E-state index contributed by atoms with van der Waals surface area (Å²) in [5.74, 6) is 1.04. The fraction of sp³-hybridized carbons (Fsp3) is 0.833. The molecule has 2 nitrogen and oxygen atoms in total. The van der Waals surface area contributed by atoms with Crippen LogP contribution in [0.25, 0.3) is 0 Å². The van der Waals surface area contributed by atoms with Crippen LogP contribution < -0.4 is 0 Å². The first kappa shape index (κ1) is 12.2. The zero-order valence-corrected chi connectivity index (χ0v) is 11.7. The van der Waals surface area contributed by atoms with Gasteiger partial charge in [-0.2, -0.15) is 0 Å². The molecule has 0 amide bonds. The summed E-state index contributed by atoms with van der Waals surface area (Å²) >= 11 is 11.1. The summed E-state index contributed by atoms with van der Waals surface area (Å²) in [5.41, 5.74) is 0. The number of nitrogens with zero attached hydrogens (tertiary/aromatic N) is 2. The van der Waals surface area contributed by atoms with Crippen LogP contribution in [0.2, 0.25) is 0 Å². The van der Waals surface area contributed by atoms with E-state index >= 15 is 0 Å². The van der Waals surface area contributed by atoms with E-state index in [1.807, 2.05) is 0 Å². The van der Waals surface area contributed by atoms with Gasteiger partial charge in [0.15, 0.2) is 0 Å². The number of hydrogen-bond acceptors (Lipinski definition) is 2. The normalized spacial score (nSPS) is 32.1. The van der Waals surface area contributed by atoms with Gasteiger partial charge in [0.2, 0.25) is 0 Å². The number of rotatable bonds is 1. The molecule has 90 valence electrons. The van der Waals surface area contributed by atoms with Gasteiger partial charge in [-0.1, -0.05) is 24.4 Å². The molecular formula is C12H20N2S2. The average Bonchev–Trinajstić information content (AvgIpc) is 2.27. The second kappa shape index (κ2) is 4.96. The maximum Gasteiger partial charge on any atom is 0.0815 e. The Morgan fingerprint density at radius 2 is 1.25 bits per heavy atom. The lowest BCUT2D eigenvalue weighted by atomic mass is 9.80. The van der Waals surface area contributed by atoms with Gasteiger partial charge in [0.25, 0.3) is 0 Å². The first-order valence-corrected chi connectivity index (χ1v) is 6.93. The molecule has 0 aromatic heterocycles. The topological polar surface area (TPSA) is 6.48 Å². The van der Waals surface area contributed by atoms with Gasteiger partial charge < -0.3 is 9.80 Å². The first-order chi connectivity index (χ1) is 7.61. The Morgan fingerprint density at radius 3 is 1.62 bits per heavy atom. The van der Waals surface area contributed by atoms with E-state index < -0.39 is 0 Å². The van der Waals surface area contributed by atoms with Crippen molar-refractivity contribution >= 4 is 34.4 Å². The SMILES string of the molecule is CN1CCC[C@@H]([C@@H]2CCCN(C)C2=S)C1=S. The lowest BCUT2D eigenvalue weighted by Crippen LogP contribution is -2.47. The minimum absolute atomic E-state index is 0.518. The van der Waals surface area contributed by atoms with E-state index in [1.165, 1.54) is 25.7 Å². The quantitative estimate of drug-likeness (QED) is 0.664. The molecule has 2 aliphatic heterocycles. The highest BCUT2D eigenvalue weighted by Gasteiger charge is 2.35. The van der Waals surface area contributed by atoms with Crippen molar-refractivity contribution < 1.29 is 0 Å². The monoisotopic (exact) mass is 256 g/mol. The Balaban J connectivity index is 2.10. The Hall–Kier alpha value is -0.220. The second-order valence-electron chi connectivity index (χ2n) is 5.02. The van der Waals surface area contributed by atoms with Crippen LogP contribution in [-0.4, -0.2) is 47.0 Å². The van der Waals surface area contributed by atoms with E-state index in [1.54, 1.807) is 0 Å². The molecule has 2 fully saturated rings. The van der Waals surface area contributed by atoms with E-state index in [0.717, 1.165) is 23.1 Å². The van der Waals surface area contributed by atoms with Crippen LogP contribution in [0, 0.1) is 11.8 Å². The molecule has 2 atom stereocenters. The Kier molecular flexibility index (Phi) is 3.80. The van der Waals surface area contributed by atoms with Gasteiger partial charge in [-0.15, -0.1) is 0 Å². The standard InChI is InChI=1S/C12H20N2S2/c1-13-7-3-5-9(11(13)15)10-6-4-8-14(2)12(10)16/h9-10H,3-8H2,1-2H3/t9-,10-/m0/s1. The van der Waals surface area contributed by atoms with Gasteiger partial charge in [0, 0.05) is 39.0 Å². The zero-order chi connectivity index (χ0) is 11.7. The summed E-state index contributed by atoms with van der Waals surface area (Å²) in [7, 11) is 4.23. The predicted molar refractivity (Wildman–Crippen MR) is 75.9 cm³/mol. The third-order valence-corrected chi connectivity index (χ3v) is 5.12. The molecule has 0 spiro atoms. The third-order valence-electron chi connectivity index (χ3n) is 3.89. The molecule has 2 saturated heterocycles. The minimum atomic E-state index is 0.518. The number of likely N-dealkylation sites (tertiary alicyclic amines) is 2. The Bertz CT molecular complexity index is 273. The number of thiocarbonyl (C=S) groups is 2. The van der Waals surface area contributed by atoms with Gasteiger partial charge >= 0.3 is 0 Å². The minimum Gasteiger partial charge on any atom is -0.369 e. The lowest BCUT2D eigenvalue weighted by molar-refractivity contribution is 0.297. The highest BCUT2D eigenvalue weighted by molar-refractivity contribution is 7.80. The summed E-state index contributed by atoms with van der Waals surface area (Å²) in [6, 6.07) is 0. The fourth-order valence-electron chi connectivity index (χ4n) is 2.88. The molecule has 0 aromatic rings. The molecule has 0 radical (unpaired) electrons. The van der Waals surface area contributed by atoms with Gasteiger partial charge in [-0.05, 0) is 25.7 Å². The van der Waals surface area contributed by atoms with Crippen molar-refractivity contribution in [3.05, 3.63) is 0 Å². The predicted octanol–water partition coefficient (Wildman–Crippen LogP) is 2.32. The highest BCUT2D eigenvalue weighted by atomic mass is 32.1. The Morgan fingerprint density at radius 1 is 0.875 bits per heavy atom. The van der Waals surface area contributed by atoms with Crippen molar-refractivity contribution in [3.8, 4) is 0 Å². The van der Waals surface area contributed by atoms with Gasteiger partial charge in [-0.3, -0.25) is 0 Å². The zero-order valence-electron chi connectivity index (χ0n) is 10.1. The van der Waals surface area contributed by atoms with Crippen LogP contribution in [0.15, 0.2) is 0 Å². The van der Waals surface area contributed by atoms with Crippen LogP contribution in [0.5, 0.6) is 0 Å². The molecule has 0 saturated carbocycles. The van der Waals surface area contributed by atoms with Gasteiger partial charge in [0.1, 0.15) is 0 Å². The largest absolute Gasteiger partial charge is 0.369 e. The average molecular weight is 256 g/mol. The van der Waals surface area contributed by atoms with Crippen LogP contribution in [0.3, 0.4) is 0 Å². The van der Waals surface area contributed by atoms with Crippen molar-refractivity contribution in [2.24, 2.45) is 11.8 Å². The first-order valence-electron chi connectivity index (χ1n) is 6.11. The summed E-state index contributed by atoms with van der Waals surface area (Å²) in [6.45, 7) is 2.23. The summed E-state index contributed by atoms with van der Waals surface area (Å²) in [4.78, 5) is 6.74. The maximum atomic E-state index is 5.57. The Labute approximate surface area is 109 Å². The van der Waals surface area contributed by atoms with Crippen LogP contribution in [0.4, 0.5) is 0 Å². The highest BCUT2D eigenvalue weighted by Crippen LogP contribution is 2.33. The molecular weight excluding hydrogens is 236 g/mol. The van der Waals surface area contributed by atoms with Crippen LogP contribution >= 0.6 is 24.4 Å². The molecule has 2 heterocycles. The van der Waals surface area contributed by atoms with Crippen LogP contribution in [-0.2, 0) is 0 Å². The van der Waals surface area contributed by atoms with Crippen molar-refractivity contribution in [1.29, 1.82) is 0 Å². The number of hydrogen-bond donors (Lipinski definition) is 0. The van der Waals surface area contributed by atoms with E-state index in [4.69, 9.17) is 24.4 Å². The molecule has 0 bridgehead atoms. The van der Waals surface area contributed by atoms with E-state index in [9.17, 15) is 0 Å². The van der Waals surface area contributed by atoms with Gasteiger partial charge in [-0.25, -0.2) is 0 Å². The molecule has 0 N–H and O–H groups in total. The molecule has 0 unspecified atom stereocenters. The number of piperidine rings is 2. The third kappa shape index (κ3) is 2.23. The molecule has 0 aromatic carbocycles.